The molecule has 2 rings (SSSR count). The Morgan fingerprint density at radius 1 is 1.28 bits per heavy atom. The Balaban J connectivity index is 1.95. The Kier molecular flexibility index (Phi) is 6.82. The van der Waals surface area contributed by atoms with Gasteiger partial charge in [-0.3, -0.25) is 0 Å². The second-order valence-electron chi connectivity index (χ2n) is 6.44. The molecule has 0 saturated heterocycles. The number of nitrogens with zero attached hydrogens (tertiary/aromatic N) is 3. The molecule has 0 aliphatic heterocycles. The Morgan fingerprint density at radius 3 is 2.56 bits per heavy atom. The lowest BCUT2D eigenvalue weighted by Gasteiger charge is -2.23. The Labute approximate surface area is 153 Å². The van der Waals surface area contributed by atoms with Crippen LogP contribution in [0.1, 0.15) is 51.0 Å². The summed E-state index contributed by atoms with van der Waals surface area (Å²) in [7, 11) is 0. The third-order valence-corrected chi connectivity index (χ3v) is 4.06. The maximum Gasteiger partial charge on any atom is 0.318 e. The van der Waals surface area contributed by atoms with E-state index in [0.29, 0.717) is 35.7 Å². The highest BCUT2D eigenvalue weighted by Crippen LogP contribution is 2.16. The van der Waals surface area contributed by atoms with Gasteiger partial charge in [-0.25, -0.2) is 4.79 Å². The molecule has 2 aromatic rings. The second kappa shape index (κ2) is 8.85. The van der Waals surface area contributed by atoms with Gasteiger partial charge >= 0.3 is 6.03 Å². The summed E-state index contributed by atoms with van der Waals surface area (Å²) < 4.78 is 5.23. The van der Waals surface area contributed by atoms with Crippen LogP contribution in [0.3, 0.4) is 0 Å². The van der Waals surface area contributed by atoms with Gasteiger partial charge in [0.2, 0.25) is 5.89 Å². The number of nitrogens with one attached hydrogen (secondary N) is 1. The van der Waals surface area contributed by atoms with Crippen molar-refractivity contribution in [1.82, 2.24) is 20.4 Å². The first kappa shape index (κ1) is 19.2. The van der Waals surface area contributed by atoms with Crippen molar-refractivity contribution in [3.05, 3.63) is 46.6 Å². The zero-order chi connectivity index (χ0) is 18.4. The number of carbonyl (C=O) groups is 1. The van der Waals surface area contributed by atoms with Gasteiger partial charge in [0.15, 0.2) is 5.82 Å². The number of amides is 2. The number of aromatic nitrogens is 2. The van der Waals surface area contributed by atoms with Crippen LogP contribution >= 0.6 is 11.6 Å². The van der Waals surface area contributed by atoms with E-state index in [1.807, 2.05) is 38.1 Å². The maximum absolute atomic E-state index is 12.5. The van der Waals surface area contributed by atoms with Crippen molar-refractivity contribution in [2.45, 2.75) is 46.7 Å². The summed E-state index contributed by atoms with van der Waals surface area (Å²) in [6, 6.07) is 7.14. The fourth-order valence-electron chi connectivity index (χ4n) is 2.40. The van der Waals surface area contributed by atoms with Gasteiger partial charge in [0, 0.05) is 18.0 Å². The second-order valence-corrected chi connectivity index (χ2v) is 6.88. The van der Waals surface area contributed by atoms with Crippen molar-refractivity contribution in [3.63, 3.8) is 0 Å². The van der Waals surface area contributed by atoms with Crippen LogP contribution in [0.4, 0.5) is 4.79 Å². The Bertz CT molecular complexity index is 685. The highest BCUT2D eigenvalue weighted by molar-refractivity contribution is 6.30. The van der Waals surface area contributed by atoms with Crippen molar-refractivity contribution < 1.29 is 9.32 Å². The van der Waals surface area contributed by atoms with E-state index in [1.54, 1.807) is 4.90 Å². The predicted molar refractivity (Wildman–Crippen MR) is 97.3 cm³/mol. The van der Waals surface area contributed by atoms with Crippen LogP contribution in [-0.4, -0.2) is 27.6 Å². The quantitative estimate of drug-likeness (QED) is 0.798. The van der Waals surface area contributed by atoms with Crippen molar-refractivity contribution in [1.29, 1.82) is 0 Å². The molecular weight excluding hydrogens is 340 g/mol. The average molecular weight is 365 g/mol. The molecule has 1 heterocycles. The lowest BCUT2D eigenvalue weighted by atomic mass is 10.1. The number of rotatable bonds is 7. The summed E-state index contributed by atoms with van der Waals surface area (Å²) in [6.07, 6.45) is 0.735. The molecule has 0 radical (unpaired) electrons. The molecule has 0 aliphatic rings. The summed E-state index contributed by atoms with van der Waals surface area (Å²) in [5, 5.41) is 7.62. The number of benzene rings is 1. The standard InChI is InChI=1S/C18H25ClN4O2/c1-5-23(11-16-21-17(25-22-16)10-12(2)3)18(24)20-13(4)14-6-8-15(19)9-7-14/h6-9,12-13H,5,10-11H2,1-4H3,(H,20,24). The van der Waals surface area contributed by atoms with Crippen LogP contribution in [0.2, 0.25) is 5.02 Å². The average Bonchev–Trinajstić information content (AvgIpc) is 2.99. The third kappa shape index (κ3) is 5.74. The van der Waals surface area contributed by atoms with E-state index in [2.05, 4.69) is 29.3 Å². The molecule has 0 saturated carbocycles. The molecule has 0 bridgehead atoms. The van der Waals surface area contributed by atoms with Crippen molar-refractivity contribution in [2.75, 3.05) is 6.54 Å². The molecule has 1 aromatic heterocycles. The zero-order valence-electron chi connectivity index (χ0n) is 15.1. The van der Waals surface area contributed by atoms with E-state index in [9.17, 15) is 4.79 Å². The van der Waals surface area contributed by atoms with Gasteiger partial charge in [0.25, 0.3) is 0 Å². The van der Waals surface area contributed by atoms with Gasteiger partial charge in [0.1, 0.15) is 0 Å². The minimum absolute atomic E-state index is 0.124. The minimum Gasteiger partial charge on any atom is -0.339 e. The van der Waals surface area contributed by atoms with Gasteiger partial charge in [-0.15, -0.1) is 0 Å². The van der Waals surface area contributed by atoms with E-state index in [-0.39, 0.29) is 12.1 Å². The predicted octanol–water partition coefficient (Wildman–Crippen LogP) is 4.21. The highest BCUT2D eigenvalue weighted by atomic mass is 35.5. The molecule has 1 aromatic carbocycles. The normalized spacial score (nSPS) is 12.2. The molecule has 25 heavy (non-hydrogen) atoms. The Hall–Kier alpha value is -2.08. The third-order valence-electron chi connectivity index (χ3n) is 3.80. The molecule has 1 unspecified atom stereocenters. The molecule has 0 spiro atoms. The molecule has 1 atom stereocenters. The smallest absolute Gasteiger partial charge is 0.318 e. The number of halogens is 1. The molecular formula is C18H25ClN4O2. The lowest BCUT2D eigenvalue weighted by Crippen LogP contribution is -2.40. The van der Waals surface area contributed by atoms with Crippen LogP contribution < -0.4 is 5.32 Å². The first-order valence-electron chi connectivity index (χ1n) is 8.51. The molecule has 6 nitrogen and oxygen atoms in total. The van der Waals surface area contributed by atoms with Gasteiger partial charge < -0.3 is 14.7 Å². The number of urea groups is 1. The summed E-state index contributed by atoms with van der Waals surface area (Å²) in [4.78, 5) is 18.5. The van der Waals surface area contributed by atoms with Gasteiger partial charge in [-0.2, -0.15) is 4.98 Å². The molecule has 1 N–H and O–H groups in total. The zero-order valence-corrected chi connectivity index (χ0v) is 15.9. The summed E-state index contributed by atoms with van der Waals surface area (Å²) in [5.74, 6) is 1.57. The first-order valence-corrected chi connectivity index (χ1v) is 8.89. The van der Waals surface area contributed by atoms with Crippen LogP contribution in [0.15, 0.2) is 28.8 Å². The van der Waals surface area contributed by atoms with Crippen molar-refractivity contribution in [3.8, 4) is 0 Å². The number of carbonyl (C=O) groups excluding carboxylic acids is 1. The topological polar surface area (TPSA) is 71.3 Å². The van der Waals surface area contributed by atoms with Crippen molar-refractivity contribution >= 4 is 17.6 Å². The molecule has 0 aliphatic carbocycles. The van der Waals surface area contributed by atoms with E-state index in [1.165, 1.54) is 0 Å². The first-order chi connectivity index (χ1) is 11.9. The summed E-state index contributed by atoms with van der Waals surface area (Å²) in [6.45, 7) is 8.90. The minimum atomic E-state index is -0.167. The summed E-state index contributed by atoms with van der Waals surface area (Å²) >= 11 is 5.90. The van der Waals surface area contributed by atoms with Crippen LogP contribution in [0.5, 0.6) is 0 Å². The monoisotopic (exact) mass is 364 g/mol. The SMILES string of the molecule is CCN(Cc1noc(CC(C)C)n1)C(=O)NC(C)c1ccc(Cl)cc1. The van der Waals surface area contributed by atoms with E-state index in [0.717, 1.165) is 12.0 Å². The van der Waals surface area contributed by atoms with Gasteiger partial charge in [-0.05, 0) is 37.5 Å². The van der Waals surface area contributed by atoms with E-state index < -0.39 is 0 Å². The van der Waals surface area contributed by atoms with Crippen molar-refractivity contribution in [2.24, 2.45) is 5.92 Å². The number of hydrogen-bond acceptors (Lipinski definition) is 4. The molecule has 7 heteroatoms. The van der Waals surface area contributed by atoms with Crippen LogP contribution in [-0.2, 0) is 13.0 Å². The van der Waals surface area contributed by atoms with E-state index >= 15 is 0 Å². The van der Waals surface area contributed by atoms with Crippen LogP contribution in [0, 0.1) is 5.92 Å². The molecule has 136 valence electrons. The Morgan fingerprint density at radius 2 is 1.96 bits per heavy atom. The van der Waals surface area contributed by atoms with Crippen LogP contribution in [0.25, 0.3) is 0 Å². The van der Waals surface area contributed by atoms with E-state index in [4.69, 9.17) is 16.1 Å². The summed E-state index contributed by atoms with van der Waals surface area (Å²) in [5.41, 5.74) is 0.993. The fourth-order valence-corrected chi connectivity index (χ4v) is 2.52. The lowest BCUT2D eigenvalue weighted by molar-refractivity contribution is 0.192. The highest BCUT2D eigenvalue weighted by Gasteiger charge is 2.18. The largest absolute Gasteiger partial charge is 0.339 e. The van der Waals surface area contributed by atoms with Gasteiger partial charge in [0.05, 0.1) is 12.6 Å². The number of hydrogen-bond donors (Lipinski definition) is 1. The maximum atomic E-state index is 12.5. The fraction of sp³-hybridized carbons (Fsp3) is 0.500. The van der Waals surface area contributed by atoms with Gasteiger partial charge in [-0.1, -0.05) is 42.7 Å². The molecule has 2 amide bonds. The molecule has 0 fully saturated rings.